The number of nitrogens with zero attached hydrogens (tertiary/aromatic N) is 5. The van der Waals surface area contributed by atoms with Crippen LogP contribution < -0.4 is 4.74 Å². The van der Waals surface area contributed by atoms with Crippen molar-refractivity contribution in [2.45, 2.75) is 45.2 Å². The molecule has 1 aromatic carbocycles. The molecule has 0 radical (unpaired) electrons. The van der Waals surface area contributed by atoms with Crippen molar-refractivity contribution in [3.63, 3.8) is 0 Å². The average molecular weight is 484 g/mol. The van der Waals surface area contributed by atoms with Crippen LogP contribution in [0, 0.1) is 0 Å². The Morgan fingerprint density at radius 2 is 1.88 bits per heavy atom. The fraction of sp³-hybridized carbons (Fsp3) is 0.615. The first-order chi connectivity index (χ1) is 16.6. The molecule has 34 heavy (non-hydrogen) atoms. The summed E-state index contributed by atoms with van der Waals surface area (Å²) in [5.41, 5.74) is 2.27. The molecule has 1 aromatic heterocycles. The number of ether oxygens (including phenoxy) is 1. The van der Waals surface area contributed by atoms with Crippen molar-refractivity contribution in [1.82, 2.24) is 24.6 Å². The zero-order valence-electron chi connectivity index (χ0n) is 20.5. The SMILES string of the molecule is CC1CCCN1CCCOc1ccc(-c2nc3c(s2)CN(C(=O)N2CCN(C)CC2)CC3)cc1. The number of amides is 2. The monoisotopic (exact) mass is 483 g/mol. The van der Waals surface area contributed by atoms with Gasteiger partial charge in [0.05, 0.1) is 18.8 Å². The molecule has 2 aromatic rings. The van der Waals surface area contributed by atoms with Gasteiger partial charge in [-0.2, -0.15) is 0 Å². The van der Waals surface area contributed by atoms with Gasteiger partial charge in [0.15, 0.2) is 0 Å². The highest BCUT2D eigenvalue weighted by atomic mass is 32.1. The van der Waals surface area contributed by atoms with E-state index in [1.54, 1.807) is 11.3 Å². The quantitative estimate of drug-likeness (QED) is 0.585. The second-order valence-electron chi connectivity index (χ2n) is 9.89. The molecule has 1 unspecified atom stereocenters. The van der Waals surface area contributed by atoms with E-state index in [0.29, 0.717) is 6.54 Å². The zero-order chi connectivity index (χ0) is 23.5. The summed E-state index contributed by atoms with van der Waals surface area (Å²) in [6.45, 7) is 10.4. The molecule has 0 spiro atoms. The lowest BCUT2D eigenvalue weighted by molar-refractivity contribution is 0.119. The molecule has 0 N–H and O–H groups in total. The molecular weight excluding hydrogens is 446 g/mol. The number of likely N-dealkylation sites (N-methyl/N-ethyl adjacent to an activating group) is 1. The topological polar surface area (TPSA) is 52.2 Å². The molecule has 8 heteroatoms. The predicted octanol–water partition coefficient (Wildman–Crippen LogP) is 3.79. The van der Waals surface area contributed by atoms with Gasteiger partial charge in [-0.3, -0.25) is 0 Å². The highest BCUT2D eigenvalue weighted by Gasteiger charge is 2.29. The van der Waals surface area contributed by atoms with Gasteiger partial charge in [-0.25, -0.2) is 9.78 Å². The lowest BCUT2D eigenvalue weighted by Crippen LogP contribution is -2.52. The number of carbonyl (C=O) groups excluding carboxylic acids is 1. The van der Waals surface area contributed by atoms with E-state index in [1.165, 1.54) is 24.3 Å². The van der Waals surface area contributed by atoms with Crippen molar-refractivity contribution in [2.75, 3.05) is 59.5 Å². The van der Waals surface area contributed by atoms with Crippen LogP contribution in [-0.2, 0) is 13.0 Å². The summed E-state index contributed by atoms with van der Waals surface area (Å²) in [4.78, 5) is 27.9. The Morgan fingerprint density at radius 3 is 2.62 bits per heavy atom. The molecule has 1 atom stereocenters. The van der Waals surface area contributed by atoms with Gasteiger partial charge >= 0.3 is 6.03 Å². The van der Waals surface area contributed by atoms with Gasteiger partial charge in [0.25, 0.3) is 0 Å². The van der Waals surface area contributed by atoms with Gasteiger partial charge in [-0.05, 0) is 64.0 Å². The number of fused-ring (bicyclic) bond motifs is 1. The Kier molecular flexibility index (Phi) is 7.37. The molecule has 2 amide bonds. The number of benzene rings is 1. The van der Waals surface area contributed by atoms with Gasteiger partial charge in [-0.15, -0.1) is 11.3 Å². The van der Waals surface area contributed by atoms with E-state index in [0.717, 1.165) is 86.8 Å². The summed E-state index contributed by atoms with van der Waals surface area (Å²) in [7, 11) is 2.11. The predicted molar refractivity (Wildman–Crippen MR) is 137 cm³/mol. The van der Waals surface area contributed by atoms with Crippen LogP contribution in [0.15, 0.2) is 24.3 Å². The number of rotatable bonds is 6. The highest BCUT2D eigenvalue weighted by molar-refractivity contribution is 7.15. The fourth-order valence-electron chi connectivity index (χ4n) is 5.16. The maximum Gasteiger partial charge on any atom is 0.320 e. The minimum atomic E-state index is 0.175. The lowest BCUT2D eigenvalue weighted by Gasteiger charge is -2.37. The second kappa shape index (κ2) is 10.6. The van der Waals surface area contributed by atoms with Crippen LogP contribution in [0.2, 0.25) is 0 Å². The minimum absolute atomic E-state index is 0.175. The van der Waals surface area contributed by atoms with Crippen LogP contribution in [0.1, 0.15) is 36.8 Å². The number of piperazine rings is 1. The number of hydrogen-bond donors (Lipinski definition) is 0. The van der Waals surface area contributed by atoms with Crippen LogP contribution in [0.5, 0.6) is 5.75 Å². The highest BCUT2D eigenvalue weighted by Crippen LogP contribution is 2.33. The molecule has 3 aliphatic rings. The van der Waals surface area contributed by atoms with Crippen LogP contribution in [0.25, 0.3) is 10.6 Å². The molecular formula is C26H37N5O2S. The van der Waals surface area contributed by atoms with Crippen LogP contribution in [0.4, 0.5) is 4.79 Å². The molecule has 2 saturated heterocycles. The Labute approximate surface area is 207 Å². The van der Waals surface area contributed by atoms with Gasteiger partial charge in [0.2, 0.25) is 0 Å². The Balaban J connectivity index is 1.13. The van der Waals surface area contributed by atoms with Gasteiger partial charge in [0, 0.05) is 62.2 Å². The molecule has 4 heterocycles. The van der Waals surface area contributed by atoms with Gasteiger partial charge in [0.1, 0.15) is 10.8 Å². The second-order valence-corrected chi connectivity index (χ2v) is 11.0. The number of carbonyl (C=O) groups is 1. The van der Waals surface area contributed by atoms with Crippen LogP contribution >= 0.6 is 11.3 Å². The van der Waals surface area contributed by atoms with Crippen molar-refractivity contribution >= 4 is 17.4 Å². The van der Waals surface area contributed by atoms with Gasteiger partial charge < -0.3 is 24.3 Å². The zero-order valence-corrected chi connectivity index (χ0v) is 21.4. The van der Waals surface area contributed by atoms with Crippen molar-refractivity contribution in [3.8, 4) is 16.3 Å². The first kappa shape index (κ1) is 23.6. The number of hydrogen-bond acceptors (Lipinski definition) is 6. The maximum atomic E-state index is 13.0. The third-order valence-electron chi connectivity index (χ3n) is 7.43. The average Bonchev–Trinajstić information content (AvgIpc) is 3.47. The minimum Gasteiger partial charge on any atom is -0.494 e. The molecule has 0 bridgehead atoms. The fourth-order valence-corrected chi connectivity index (χ4v) is 6.29. The molecule has 2 fully saturated rings. The molecule has 7 nitrogen and oxygen atoms in total. The van der Waals surface area contributed by atoms with Crippen molar-refractivity contribution in [3.05, 3.63) is 34.8 Å². The van der Waals surface area contributed by atoms with E-state index in [2.05, 4.69) is 48.0 Å². The van der Waals surface area contributed by atoms with Crippen molar-refractivity contribution < 1.29 is 9.53 Å². The summed E-state index contributed by atoms with van der Waals surface area (Å²) in [5, 5.41) is 1.04. The maximum absolute atomic E-state index is 13.0. The standard InChI is InChI=1S/C26H37N5O2S/c1-20-5-3-11-29(20)12-4-18-33-22-8-6-21(7-9-22)25-27-23-10-13-31(19-24(23)34-25)26(32)30-16-14-28(2)15-17-30/h6-9,20H,3-5,10-19H2,1-2H3. The molecule has 0 saturated carbocycles. The first-order valence-corrected chi connectivity index (χ1v) is 13.6. The number of thiazole rings is 1. The van der Waals surface area contributed by atoms with E-state index in [1.807, 2.05) is 9.80 Å². The van der Waals surface area contributed by atoms with E-state index in [4.69, 9.17) is 9.72 Å². The number of urea groups is 1. The third kappa shape index (κ3) is 5.39. The third-order valence-corrected chi connectivity index (χ3v) is 8.56. The first-order valence-electron chi connectivity index (χ1n) is 12.7. The summed E-state index contributed by atoms with van der Waals surface area (Å²) in [6.07, 6.45) is 4.55. The van der Waals surface area contributed by atoms with E-state index in [-0.39, 0.29) is 6.03 Å². The Hall–Kier alpha value is -2.16. The summed E-state index contributed by atoms with van der Waals surface area (Å²) >= 11 is 1.72. The van der Waals surface area contributed by atoms with Crippen molar-refractivity contribution in [2.24, 2.45) is 0 Å². The van der Waals surface area contributed by atoms with E-state index < -0.39 is 0 Å². The van der Waals surface area contributed by atoms with Crippen LogP contribution in [-0.4, -0.2) is 96.1 Å². The number of likely N-dealkylation sites (tertiary alicyclic amines) is 1. The molecule has 0 aliphatic carbocycles. The Bertz CT molecular complexity index is 970. The molecule has 3 aliphatic heterocycles. The summed E-state index contributed by atoms with van der Waals surface area (Å²) in [5.74, 6) is 0.920. The Morgan fingerprint density at radius 1 is 1.09 bits per heavy atom. The molecule has 5 rings (SSSR count). The number of aromatic nitrogens is 1. The van der Waals surface area contributed by atoms with E-state index >= 15 is 0 Å². The van der Waals surface area contributed by atoms with E-state index in [9.17, 15) is 4.79 Å². The normalized spacial score (nSPS) is 21.6. The van der Waals surface area contributed by atoms with Crippen LogP contribution in [0.3, 0.4) is 0 Å². The van der Waals surface area contributed by atoms with Gasteiger partial charge in [-0.1, -0.05) is 0 Å². The summed E-state index contributed by atoms with van der Waals surface area (Å²) in [6, 6.07) is 9.22. The molecule has 184 valence electrons. The van der Waals surface area contributed by atoms with Crippen molar-refractivity contribution in [1.29, 1.82) is 0 Å². The lowest BCUT2D eigenvalue weighted by atomic mass is 10.2. The largest absolute Gasteiger partial charge is 0.494 e. The smallest absolute Gasteiger partial charge is 0.320 e. The summed E-state index contributed by atoms with van der Waals surface area (Å²) < 4.78 is 5.98.